The molecule has 0 aromatic rings. The topological polar surface area (TPSA) is 38.0 Å². The summed E-state index contributed by atoms with van der Waals surface area (Å²) in [6.07, 6.45) is 5.48. The van der Waals surface area contributed by atoms with E-state index in [-0.39, 0.29) is 0 Å². The number of nitrogens with two attached hydrogens (primary N) is 1. The number of nitrogens with one attached hydrogen (secondary N) is 1. The Hall–Kier alpha value is -0.0800. The molecule has 2 nitrogen and oxygen atoms in total. The zero-order valence-electron chi connectivity index (χ0n) is 7.05. The summed E-state index contributed by atoms with van der Waals surface area (Å²) in [5.74, 6) is 1.89. The summed E-state index contributed by atoms with van der Waals surface area (Å²) in [5, 5.41) is 3.57. The maximum Gasteiger partial charge on any atom is 0.00705 e. The van der Waals surface area contributed by atoms with Crippen molar-refractivity contribution in [2.45, 2.75) is 31.7 Å². The van der Waals surface area contributed by atoms with Crippen LogP contribution in [0.1, 0.15) is 25.7 Å². The molecule has 3 N–H and O–H groups in total. The van der Waals surface area contributed by atoms with Crippen LogP contribution < -0.4 is 11.1 Å². The van der Waals surface area contributed by atoms with Gasteiger partial charge in [-0.05, 0) is 50.6 Å². The highest BCUT2D eigenvalue weighted by atomic mass is 15.0. The largest absolute Gasteiger partial charge is 0.330 e. The van der Waals surface area contributed by atoms with Crippen LogP contribution in [0.2, 0.25) is 0 Å². The van der Waals surface area contributed by atoms with Crippen molar-refractivity contribution in [3.8, 4) is 0 Å². The molecule has 1 saturated carbocycles. The SMILES string of the molecule is NCCC1CCC2CC1CN2. The lowest BCUT2D eigenvalue weighted by Gasteiger charge is -2.27. The van der Waals surface area contributed by atoms with E-state index in [1.807, 2.05) is 0 Å². The Bertz CT molecular complexity index is 136. The van der Waals surface area contributed by atoms with Crippen molar-refractivity contribution in [2.75, 3.05) is 13.1 Å². The van der Waals surface area contributed by atoms with Crippen molar-refractivity contribution in [2.24, 2.45) is 17.6 Å². The fourth-order valence-corrected chi connectivity index (χ4v) is 2.67. The number of hydrogen-bond donors (Lipinski definition) is 2. The monoisotopic (exact) mass is 154 g/mol. The molecule has 2 fully saturated rings. The summed E-state index contributed by atoms with van der Waals surface area (Å²) in [4.78, 5) is 0. The summed E-state index contributed by atoms with van der Waals surface area (Å²) in [6, 6.07) is 0.856. The third kappa shape index (κ3) is 1.42. The molecule has 0 radical (unpaired) electrons. The minimum atomic E-state index is 0.856. The average molecular weight is 154 g/mol. The van der Waals surface area contributed by atoms with Gasteiger partial charge in [0.1, 0.15) is 0 Å². The summed E-state index contributed by atoms with van der Waals surface area (Å²) in [7, 11) is 0. The first kappa shape index (κ1) is 7.56. The fraction of sp³-hybridized carbons (Fsp3) is 1.00. The highest BCUT2D eigenvalue weighted by Crippen LogP contribution is 2.35. The summed E-state index contributed by atoms with van der Waals surface area (Å²) in [6.45, 7) is 2.14. The first-order valence-electron chi connectivity index (χ1n) is 4.83. The van der Waals surface area contributed by atoms with E-state index in [1.54, 1.807) is 0 Å². The molecule has 1 saturated heterocycles. The zero-order valence-corrected chi connectivity index (χ0v) is 7.05. The quantitative estimate of drug-likeness (QED) is 0.615. The maximum absolute atomic E-state index is 5.57. The molecule has 0 spiro atoms. The van der Waals surface area contributed by atoms with Crippen LogP contribution in [-0.2, 0) is 0 Å². The van der Waals surface area contributed by atoms with E-state index >= 15 is 0 Å². The highest BCUT2D eigenvalue weighted by Gasteiger charge is 2.34. The molecule has 64 valence electrons. The van der Waals surface area contributed by atoms with Gasteiger partial charge < -0.3 is 11.1 Å². The molecule has 2 rings (SSSR count). The van der Waals surface area contributed by atoms with Gasteiger partial charge >= 0.3 is 0 Å². The first-order chi connectivity index (χ1) is 5.40. The van der Waals surface area contributed by atoms with Crippen LogP contribution in [0.4, 0.5) is 0 Å². The Balaban J connectivity index is 1.91. The van der Waals surface area contributed by atoms with Crippen molar-refractivity contribution in [3.63, 3.8) is 0 Å². The van der Waals surface area contributed by atoms with Gasteiger partial charge in [0.05, 0.1) is 0 Å². The molecule has 2 aliphatic rings. The predicted molar refractivity (Wildman–Crippen MR) is 46.3 cm³/mol. The van der Waals surface area contributed by atoms with E-state index in [0.717, 1.165) is 24.4 Å². The molecule has 3 atom stereocenters. The van der Waals surface area contributed by atoms with Gasteiger partial charge in [-0.25, -0.2) is 0 Å². The van der Waals surface area contributed by atoms with E-state index in [1.165, 1.54) is 32.2 Å². The normalized spacial score (nSPS) is 42.8. The molecular formula is C9H18N2. The molecule has 3 unspecified atom stereocenters. The van der Waals surface area contributed by atoms with Gasteiger partial charge in [-0.1, -0.05) is 0 Å². The van der Waals surface area contributed by atoms with Gasteiger partial charge in [0, 0.05) is 6.04 Å². The Morgan fingerprint density at radius 2 is 2.27 bits per heavy atom. The Morgan fingerprint density at radius 1 is 1.36 bits per heavy atom. The van der Waals surface area contributed by atoms with Crippen LogP contribution in [0.15, 0.2) is 0 Å². The van der Waals surface area contributed by atoms with Gasteiger partial charge in [0.15, 0.2) is 0 Å². The zero-order chi connectivity index (χ0) is 7.68. The Labute approximate surface area is 68.5 Å². The van der Waals surface area contributed by atoms with E-state index in [4.69, 9.17) is 5.73 Å². The number of fused-ring (bicyclic) bond motifs is 2. The molecule has 1 aliphatic heterocycles. The van der Waals surface area contributed by atoms with E-state index < -0.39 is 0 Å². The molecular weight excluding hydrogens is 136 g/mol. The molecule has 2 bridgehead atoms. The van der Waals surface area contributed by atoms with Crippen molar-refractivity contribution < 1.29 is 0 Å². The molecule has 1 aliphatic carbocycles. The minimum absolute atomic E-state index is 0.856. The van der Waals surface area contributed by atoms with Crippen molar-refractivity contribution in [3.05, 3.63) is 0 Å². The summed E-state index contributed by atoms with van der Waals surface area (Å²) >= 11 is 0. The molecule has 2 heteroatoms. The van der Waals surface area contributed by atoms with Gasteiger partial charge in [0.25, 0.3) is 0 Å². The second kappa shape index (κ2) is 3.11. The second-order valence-corrected chi connectivity index (χ2v) is 4.02. The lowest BCUT2D eigenvalue weighted by Crippen LogP contribution is -2.24. The van der Waals surface area contributed by atoms with Crippen LogP contribution in [-0.4, -0.2) is 19.1 Å². The number of rotatable bonds is 2. The van der Waals surface area contributed by atoms with Gasteiger partial charge in [-0.2, -0.15) is 0 Å². The maximum atomic E-state index is 5.57. The lowest BCUT2D eigenvalue weighted by atomic mass is 9.78. The molecule has 1 heterocycles. The van der Waals surface area contributed by atoms with Crippen molar-refractivity contribution in [1.29, 1.82) is 0 Å². The van der Waals surface area contributed by atoms with E-state index in [0.29, 0.717) is 0 Å². The van der Waals surface area contributed by atoms with Crippen LogP contribution in [0.5, 0.6) is 0 Å². The summed E-state index contributed by atoms with van der Waals surface area (Å²) < 4.78 is 0. The molecule has 0 aromatic heterocycles. The Morgan fingerprint density at radius 3 is 3.09 bits per heavy atom. The molecule has 11 heavy (non-hydrogen) atoms. The van der Waals surface area contributed by atoms with Crippen LogP contribution in [0.25, 0.3) is 0 Å². The van der Waals surface area contributed by atoms with E-state index in [2.05, 4.69) is 5.32 Å². The fourth-order valence-electron chi connectivity index (χ4n) is 2.67. The number of hydrogen-bond acceptors (Lipinski definition) is 2. The van der Waals surface area contributed by atoms with Crippen LogP contribution >= 0.6 is 0 Å². The third-order valence-corrected chi connectivity index (χ3v) is 3.35. The highest BCUT2D eigenvalue weighted by molar-refractivity contribution is 4.90. The van der Waals surface area contributed by atoms with Crippen LogP contribution in [0.3, 0.4) is 0 Å². The van der Waals surface area contributed by atoms with Crippen molar-refractivity contribution in [1.82, 2.24) is 5.32 Å². The lowest BCUT2D eigenvalue weighted by molar-refractivity contribution is 0.267. The predicted octanol–water partition coefficient (Wildman–Crippen LogP) is 0.723. The second-order valence-electron chi connectivity index (χ2n) is 4.02. The van der Waals surface area contributed by atoms with Crippen molar-refractivity contribution >= 4 is 0 Å². The first-order valence-corrected chi connectivity index (χ1v) is 4.83. The van der Waals surface area contributed by atoms with Gasteiger partial charge in [-0.3, -0.25) is 0 Å². The standard InChI is InChI=1S/C9H18N2/c10-4-3-7-1-2-9-5-8(7)6-11-9/h7-9,11H,1-6,10H2. The van der Waals surface area contributed by atoms with Gasteiger partial charge in [0.2, 0.25) is 0 Å². The van der Waals surface area contributed by atoms with Crippen LogP contribution in [0, 0.1) is 11.8 Å². The third-order valence-electron chi connectivity index (χ3n) is 3.35. The van der Waals surface area contributed by atoms with E-state index in [9.17, 15) is 0 Å². The molecule has 0 amide bonds. The molecule has 0 aromatic carbocycles. The minimum Gasteiger partial charge on any atom is -0.330 e. The smallest absolute Gasteiger partial charge is 0.00705 e. The average Bonchev–Trinajstić information content (AvgIpc) is 2.40. The summed E-state index contributed by atoms with van der Waals surface area (Å²) in [5.41, 5.74) is 5.57. The Kier molecular flexibility index (Phi) is 2.14. The van der Waals surface area contributed by atoms with Gasteiger partial charge in [-0.15, -0.1) is 0 Å².